The van der Waals surface area contributed by atoms with E-state index in [2.05, 4.69) is 10.6 Å². The molecule has 0 fully saturated rings. The maximum absolute atomic E-state index is 12.7. The summed E-state index contributed by atoms with van der Waals surface area (Å²) in [5, 5.41) is 6.11. The normalized spacial score (nSPS) is 12.2. The van der Waals surface area contributed by atoms with Crippen LogP contribution in [0.3, 0.4) is 0 Å². The van der Waals surface area contributed by atoms with Crippen LogP contribution in [0.15, 0.2) is 30.3 Å². The van der Waals surface area contributed by atoms with E-state index in [1.807, 2.05) is 0 Å². The first-order valence-electron chi connectivity index (χ1n) is 10.4. The molecule has 1 atom stereocenters. The van der Waals surface area contributed by atoms with Gasteiger partial charge in [0.1, 0.15) is 4.88 Å². The second-order valence-corrected chi connectivity index (χ2v) is 10.0. The van der Waals surface area contributed by atoms with Gasteiger partial charge < -0.3 is 15.4 Å². The Balaban J connectivity index is 2.03. The SMILES string of the molecule is Cc1cc(NC(=O)C(C)(C)C)sc1C(=O)OC(C)C(=O)c1ccc(NC(=O)C(C)C)cc1. The van der Waals surface area contributed by atoms with Crippen LogP contribution in [0.1, 0.15) is 67.1 Å². The molecule has 2 amide bonds. The van der Waals surface area contributed by atoms with E-state index in [4.69, 9.17) is 4.74 Å². The molecule has 0 aliphatic rings. The minimum atomic E-state index is -0.993. The van der Waals surface area contributed by atoms with Crippen molar-refractivity contribution < 1.29 is 23.9 Å². The van der Waals surface area contributed by atoms with E-state index >= 15 is 0 Å². The Morgan fingerprint density at radius 2 is 1.56 bits per heavy atom. The summed E-state index contributed by atoms with van der Waals surface area (Å²) in [4.78, 5) is 49.6. The third-order valence-corrected chi connectivity index (χ3v) is 5.77. The van der Waals surface area contributed by atoms with Crippen LogP contribution < -0.4 is 10.6 Å². The Morgan fingerprint density at radius 3 is 2.09 bits per heavy atom. The summed E-state index contributed by atoms with van der Waals surface area (Å²) in [6.07, 6.45) is -0.993. The average molecular weight is 459 g/mol. The van der Waals surface area contributed by atoms with Gasteiger partial charge in [0.25, 0.3) is 0 Å². The van der Waals surface area contributed by atoms with Gasteiger partial charge >= 0.3 is 5.97 Å². The summed E-state index contributed by atoms with van der Waals surface area (Å²) >= 11 is 1.11. The van der Waals surface area contributed by atoms with Crippen LogP contribution in [0.5, 0.6) is 0 Å². The van der Waals surface area contributed by atoms with Crippen LogP contribution in [0, 0.1) is 18.3 Å². The zero-order chi connectivity index (χ0) is 24.2. The molecule has 0 saturated heterocycles. The molecule has 172 valence electrons. The molecule has 0 saturated carbocycles. The Hall–Kier alpha value is -3.00. The Bertz CT molecular complexity index is 1020. The van der Waals surface area contributed by atoms with Gasteiger partial charge in [0.05, 0.1) is 5.00 Å². The molecule has 2 rings (SSSR count). The van der Waals surface area contributed by atoms with Crippen molar-refractivity contribution in [2.45, 2.75) is 54.6 Å². The number of ketones is 1. The van der Waals surface area contributed by atoms with E-state index < -0.39 is 17.5 Å². The molecular weight excluding hydrogens is 428 g/mol. The monoisotopic (exact) mass is 458 g/mol. The quantitative estimate of drug-likeness (QED) is 0.446. The summed E-state index contributed by atoms with van der Waals surface area (Å²) in [5.74, 6) is -1.40. The van der Waals surface area contributed by atoms with Crippen LogP contribution in [0.2, 0.25) is 0 Å². The van der Waals surface area contributed by atoms with Crippen molar-refractivity contribution >= 4 is 45.6 Å². The van der Waals surface area contributed by atoms with E-state index in [0.717, 1.165) is 11.3 Å². The second-order valence-electron chi connectivity index (χ2n) is 8.96. The molecule has 0 radical (unpaired) electrons. The molecule has 2 aromatic rings. The van der Waals surface area contributed by atoms with Gasteiger partial charge in [-0.25, -0.2) is 4.79 Å². The summed E-state index contributed by atoms with van der Waals surface area (Å²) in [6.45, 7) is 12.2. The van der Waals surface area contributed by atoms with Crippen molar-refractivity contribution in [2.24, 2.45) is 11.3 Å². The van der Waals surface area contributed by atoms with E-state index in [1.54, 1.807) is 71.9 Å². The highest BCUT2D eigenvalue weighted by Gasteiger charge is 2.25. The molecule has 8 heteroatoms. The number of ether oxygens (including phenoxy) is 1. The minimum absolute atomic E-state index is 0.115. The van der Waals surface area contributed by atoms with E-state index in [0.29, 0.717) is 26.7 Å². The lowest BCUT2D eigenvalue weighted by molar-refractivity contribution is -0.123. The number of nitrogens with one attached hydrogen (secondary N) is 2. The lowest BCUT2D eigenvalue weighted by Crippen LogP contribution is -2.27. The van der Waals surface area contributed by atoms with Gasteiger partial charge in [-0.1, -0.05) is 34.6 Å². The van der Waals surface area contributed by atoms with Crippen LogP contribution in [0.4, 0.5) is 10.7 Å². The number of aryl methyl sites for hydroxylation is 1. The molecule has 1 aromatic carbocycles. The van der Waals surface area contributed by atoms with E-state index in [9.17, 15) is 19.2 Å². The first kappa shape index (κ1) is 25.3. The van der Waals surface area contributed by atoms with Gasteiger partial charge in [-0.05, 0) is 49.7 Å². The number of esters is 1. The number of amides is 2. The molecule has 0 bridgehead atoms. The summed E-state index contributed by atoms with van der Waals surface area (Å²) in [7, 11) is 0. The van der Waals surface area contributed by atoms with Crippen LogP contribution in [-0.2, 0) is 14.3 Å². The molecule has 32 heavy (non-hydrogen) atoms. The molecule has 7 nitrogen and oxygen atoms in total. The van der Waals surface area contributed by atoms with Crippen molar-refractivity contribution in [1.29, 1.82) is 0 Å². The lowest BCUT2D eigenvalue weighted by atomic mass is 9.96. The fourth-order valence-corrected chi connectivity index (χ4v) is 3.50. The molecule has 1 heterocycles. The Kier molecular flexibility index (Phi) is 7.96. The van der Waals surface area contributed by atoms with Crippen molar-refractivity contribution in [3.05, 3.63) is 46.3 Å². The zero-order valence-electron chi connectivity index (χ0n) is 19.5. The van der Waals surface area contributed by atoms with Crippen molar-refractivity contribution in [3.8, 4) is 0 Å². The number of carbonyl (C=O) groups is 4. The number of Topliss-reactive ketones (excluding diaryl/α,β-unsaturated/α-hetero) is 1. The predicted molar refractivity (Wildman–Crippen MR) is 126 cm³/mol. The predicted octanol–water partition coefficient (Wildman–Crippen LogP) is 5.06. The number of hydrogen-bond donors (Lipinski definition) is 2. The van der Waals surface area contributed by atoms with Crippen molar-refractivity contribution in [1.82, 2.24) is 0 Å². The van der Waals surface area contributed by atoms with E-state index in [-0.39, 0.29) is 23.5 Å². The minimum Gasteiger partial charge on any atom is -0.450 e. The molecule has 0 aliphatic carbocycles. The molecule has 2 N–H and O–H groups in total. The van der Waals surface area contributed by atoms with Gasteiger partial charge in [0, 0.05) is 22.6 Å². The largest absolute Gasteiger partial charge is 0.450 e. The highest BCUT2D eigenvalue weighted by Crippen LogP contribution is 2.29. The Labute approximate surface area is 192 Å². The number of rotatable bonds is 7. The van der Waals surface area contributed by atoms with Crippen LogP contribution in [-0.4, -0.2) is 29.7 Å². The fourth-order valence-electron chi connectivity index (χ4n) is 2.55. The third-order valence-electron chi connectivity index (χ3n) is 4.64. The number of anilines is 2. The van der Waals surface area contributed by atoms with Crippen molar-refractivity contribution in [2.75, 3.05) is 10.6 Å². The summed E-state index contributed by atoms with van der Waals surface area (Å²) < 4.78 is 5.38. The number of carbonyl (C=O) groups excluding carboxylic acids is 4. The topological polar surface area (TPSA) is 102 Å². The standard InChI is InChI=1S/C24H30N2O5S/c1-13(2)21(28)25-17-10-8-16(9-11-17)19(27)15(4)31-22(29)20-14(3)12-18(32-20)26-23(30)24(5,6)7/h8-13,15H,1-7H3,(H,25,28)(H,26,30). The molecule has 1 unspecified atom stereocenters. The van der Waals surface area contributed by atoms with Gasteiger partial charge in [-0.2, -0.15) is 0 Å². The summed E-state index contributed by atoms with van der Waals surface area (Å²) in [5.41, 5.74) is 1.05. The van der Waals surface area contributed by atoms with Crippen LogP contribution >= 0.6 is 11.3 Å². The molecule has 0 spiro atoms. The Morgan fingerprint density at radius 1 is 0.969 bits per heavy atom. The van der Waals surface area contributed by atoms with Crippen LogP contribution in [0.25, 0.3) is 0 Å². The highest BCUT2D eigenvalue weighted by molar-refractivity contribution is 7.18. The second kappa shape index (κ2) is 10.1. The number of hydrogen-bond acceptors (Lipinski definition) is 6. The van der Waals surface area contributed by atoms with E-state index in [1.165, 1.54) is 6.92 Å². The van der Waals surface area contributed by atoms with Crippen molar-refractivity contribution in [3.63, 3.8) is 0 Å². The van der Waals surface area contributed by atoms with Gasteiger partial charge in [-0.15, -0.1) is 11.3 Å². The number of benzene rings is 1. The zero-order valence-corrected chi connectivity index (χ0v) is 20.3. The molecule has 1 aromatic heterocycles. The first-order chi connectivity index (χ1) is 14.8. The maximum Gasteiger partial charge on any atom is 0.349 e. The van der Waals surface area contributed by atoms with Gasteiger partial charge in [0.2, 0.25) is 17.6 Å². The lowest BCUT2D eigenvalue weighted by Gasteiger charge is -2.16. The fraction of sp³-hybridized carbons (Fsp3) is 0.417. The maximum atomic E-state index is 12.7. The highest BCUT2D eigenvalue weighted by atomic mass is 32.1. The number of thiophene rings is 1. The molecular formula is C24H30N2O5S. The summed E-state index contributed by atoms with van der Waals surface area (Å²) in [6, 6.07) is 8.14. The van der Waals surface area contributed by atoms with Gasteiger partial charge in [0.15, 0.2) is 6.10 Å². The average Bonchev–Trinajstić information content (AvgIpc) is 3.07. The third kappa shape index (κ3) is 6.50. The van der Waals surface area contributed by atoms with Gasteiger partial charge in [-0.3, -0.25) is 14.4 Å². The smallest absolute Gasteiger partial charge is 0.349 e. The first-order valence-corrected chi connectivity index (χ1v) is 11.2. The molecule has 0 aliphatic heterocycles.